The van der Waals surface area contributed by atoms with Gasteiger partial charge in [-0.05, 0) is 30.7 Å². The minimum Gasteiger partial charge on any atom is -0.469 e. The fourth-order valence-electron chi connectivity index (χ4n) is 1.34. The van der Waals surface area contributed by atoms with Crippen molar-refractivity contribution in [2.45, 2.75) is 19.4 Å². The first kappa shape index (κ1) is 13.9. The van der Waals surface area contributed by atoms with Crippen molar-refractivity contribution in [3.8, 4) is 0 Å². The SMILES string of the molecule is COC(=O)CCCNCc1ccc(Cl)c(F)c1. The fraction of sp³-hybridized carbons (Fsp3) is 0.417. The summed E-state index contributed by atoms with van der Waals surface area (Å²) in [6, 6.07) is 4.69. The molecule has 0 amide bonds. The quantitative estimate of drug-likeness (QED) is 0.630. The molecule has 1 aromatic carbocycles. The van der Waals surface area contributed by atoms with Crippen LogP contribution in [0.2, 0.25) is 5.02 Å². The molecule has 1 aromatic rings. The topological polar surface area (TPSA) is 38.3 Å². The Balaban J connectivity index is 2.22. The van der Waals surface area contributed by atoms with Gasteiger partial charge in [-0.1, -0.05) is 17.7 Å². The smallest absolute Gasteiger partial charge is 0.305 e. The Bertz CT molecular complexity index is 385. The van der Waals surface area contributed by atoms with E-state index in [0.29, 0.717) is 25.9 Å². The number of halogens is 2. The van der Waals surface area contributed by atoms with Gasteiger partial charge in [-0.25, -0.2) is 4.39 Å². The molecule has 1 rings (SSSR count). The molecule has 17 heavy (non-hydrogen) atoms. The molecule has 1 N–H and O–H groups in total. The summed E-state index contributed by atoms with van der Waals surface area (Å²) in [5.74, 6) is -0.634. The van der Waals surface area contributed by atoms with Crippen LogP contribution in [0.25, 0.3) is 0 Å². The van der Waals surface area contributed by atoms with Crippen LogP contribution in [0, 0.1) is 5.82 Å². The van der Waals surface area contributed by atoms with Crippen LogP contribution in [0.5, 0.6) is 0 Å². The first-order valence-corrected chi connectivity index (χ1v) is 5.72. The predicted octanol–water partition coefficient (Wildman–Crippen LogP) is 2.52. The number of hydrogen-bond acceptors (Lipinski definition) is 3. The van der Waals surface area contributed by atoms with Crippen molar-refractivity contribution >= 4 is 17.6 Å². The number of nitrogens with one attached hydrogen (secondary N) is 1. The molecule has 0 spiro atoms. The van der Waals surface area contributed by atoms with E-state index in [4.69, 9.17) is 11.6 Å². The van der Waals surface area contributed by atoms with Crippen LogP contribution >= 0.6 is 11.6 Å². The van der Waals surface area contributed by atoms with E-state index < -0.39 is 5.82 Å². The zero-order chi connectivity index (χ0) is 12.7. The summed E-state index contributed by atoms with van der Waals surface area (Å²) in [6.45, 7) is 1.23. The Labute approximate surface area is 105 Å². The van der Waals surface area contributed by atoms with E-state index in [1.54, 1.807) is 6.07 Å². The maximum atomic E-state index is 13.1. The van der Waals surface area contributed by atoms with Gasteiger partial charge in [0, 0.05) is 13.0 Å². The molecule has 0 radical (unpaired) electrons. The molecule has 0 aliphatic heterocycles. The van der Waals surface area contributed by atoms with Crippen molar-refractivity contribution in [3.63, 3.8) is 0 Å². The van der Waals surface area contributed by atoms with Gasteiger partial charge in [-0.15, -0.1) is 0 Å². The number of rotatable bonds is 6. The zero-order valence-corrected chi connectivity index (χ0v) is 10.4. The molecular formula is C12H15ClFNO2. The minimum absolute atomic E-state index is 0.124. The van der Waals surface area contributed by atoms with Crippen LogP contribution < -0.4 is 5.32 Å². The first-order valence-electron chi connectivity index (χ1n) is 5.35. The van der Waals surface area contributed by atoms with Crippen LogP contribution in [0.1, 0.15) is 18.4 Å². The summed E-state index contributed by atoms with van der Waals surface area (Å²) in [7, 11) is 1.37. The van der Waals surface area contributed by atoms with Gasteiger partial charge in [0.25, 0.3) is 0 Å². The third kappa shape index (κ3) is 5.15. The summed E-state index contributed by atoms with van der Waals surface area (Å²) >= 11 is 5.57. The van der Waals surface area contributed by atoms with E-state index in [0.717, 1.165) is 5.56 Å². The highest BCUT2D eigenvalue weighted by atomic mass is 35.5. The van der Waals surface area contributed by atoms with E-state index in [1.165, 1.54) is 19.2 Å². The van der Waals surface area contributed by atoms with Crippen LogP contribution in [0.3, 0.4) is 0 Å². The van der Waals surface area contributed by atoms with Gasteiger partial charge in [0.05, 0.1) is 12.1 Å². The number of ether oxygens (including phenoxy) is 1. The number of esters is 1. The highest BCUT2D eigenvalue weighted by Gasteiger charge is 2.01. The van der Waals surface area contributed by atoms with Crippen LogP contribution in [0.15, 0.2) is 18.2 Å². The molecule has 0 bridgehead atoms. The lowest BCUT2D eigenvalue weighted by molar-refractivity contribution is -0.140. The maximum Gasteiger partial charge on any atom is 0.305 e. The van der Waals surface area contributed by atoms with E-state index in [-0.39, 0.29) is 11.0 Å². The molecule has 0 fully saturated rings. The van der Waals surface area contributed by atoms with Crippen molar-refractivity contribution < 1.29 is 13.9 Å². The van der Waals surface area contributed by atoms with E-state index in [2.05, 4.69) is 10.1 Å². The lowest BCUT2D eigenvalue weighted by Gasteiger charge is -2.05. The second-order valence-corrected chi connectivity index (χ2v) is 4.01. The summed E-state index contributed by atoms with van der Waals surface area (Å²) in [5, 5.41) is 3.23. The van der Waals surface area contributed by atoms with Crippen molar-refractivity contribution in [1.82, 2.24) is 5.32 Å². The lowest BCUT2D eigenvalue weighted by Crippen LogP contribution is -2.16. The van der Waals surface area contributed by atoms with E-state index in [1.807, 2.05) is 0 Å². The van der Waals surface area contributed by atoms with Gasteiger partial charge in [0.1, 0.15) is 5.82 Å². The first-order chi connectivity index (χ1) is 8.13. The Morgan fingerprint density at radius 3 is 2.94 bits per heavy atom. The minimum atomic E-state index is -0.416. The van der Waals surface area contributed by atoms with Gasteiger partial charge < -0.3 is 10.1 Å². The standard InChI is InChI=1S/C12H15ClFNO2/c1-17-12(16)3-2-6-15-8-9-4-5-10(13)11(14)7-9/h4-5,7,15H,2-3,6,8H2,1H3. The molecule has 0 heterocycles. The summed E-state index contributed by atoms with van der Waals surface area (Å²) in [6.07, 6.45) is 1.08. The molecule has 94 valence electrons. The second-order valence-electron chi connectivity index (χ2n) is 3.60. The lowest BCUT2D eigenvalue weighted by atomic mass is 10.2. The molecule has 0 aliphatic rings. The average molecular weight is 260 g/mol. The van der Waals surface area contributed by atoms with Crippen LogP contribution in [0.4, 0.5) is 4.39 Å². The third-order valence-corrected chi connectivity index (χ3v) is 2.58. The monoisotopic (exact) mass is 259 g/mol. The normalized spacial score (nSPS) is 10.3. The molecule has 0 aliphatic carbocycles. The van der Waals surface area contributed by atoms with Crippen molar-refractivity contribution in [3.05, 3.63) is 34.6 Å². The third-order valence-electron chi connectivity index (χ3n) is 2.28. The molecule has 0 saturated heterocycles. The molecule has 0 saturated carbocycles. The largest absolute Gasteiger partial charge is 0.469 e. The van der Waals surface area contributed by atoms with E-state index in [9.17, 15) is 9.18 Å². The van der Waals surface area contributed by atoms with Crippen molar-refractivity contribution in [2.24, 2.45) is 0 Å². The Morgan fingerprint density at radius 1 is 1.53 bits per heavy atom. The number of carbonyl (C=O) groups is 1. The summed E-state index contributed by atoms with van der Waals surface area (Å²) in [4.78, 5) is 10.8. The Kier molecular flexibility index (Phi) is 5.94. The number of methoxy groups -OCH3 is 1. The van der Waals surface area contributed by atoms with Gasteiger partial charge in [-0.3, -0.25) is 4.79 Å². The highest BCUT2D eigenvalue weighted by Crippen LogP contribution is 2.15. The average Bonchev–Trinajstić information content (AvgIpc) is 2.33. The van der Waals surface area contributed by atoms with Crippen molar-refractivity contribution in [2.75, 3.05) is 13.7 Å². The van der Waals surface area contributed by atoms with Gasteiger partial charge in [0.2, 0.25) is 0 Å². The Hall–Kier alpha value is -1.13. The van der Waals surface area contributed by atoms with Gasteiger partial charge in [0.15, 0.2) is 0 Å². The molecule has 3 nitrogen and oxygen atoms in total. The highest BCUT2D eigenvalue weighted by molar-refractivity contribution is 6.30. The van der Waals surface area contributed by atoms with E-state index >= 15 is 0 Å². The summed E-state index contributed by atoms with van der Waals surface area (Å²) < 4.78 is 17.6. The van der Waals surface area contributed by atoms with Crippen LogP contribution in [-0.4, -0.2) is 19.6 Å². The Morgan fingerprint density at radius 2 is 2.29 bits per heavy atom. The zero-order valence-electron chi connectivity index (χ0n) is 9.63. The molecular weight excluding hydrogens is 245 g/mol. The fourth-order valence-corrected chi connectivity index (χ4v) is 1.46. The van der Waals surface area contributed by atoms with Crippen molar-refractivity contribution in [1.29, 1.82) is 0 Å². The van der Waals surface area contributed by atoms with Crippen LogP contribution in [-0.2, 0) is 16.1 Å². The molecule has 0 unspecified atom stereocenters. The molecule has 5 heteroatoms. The number of benzene rings is 1. The van der Waals surface area contributed by atoms with Gasteiger partial charge in [-0.2, -0.15) is 0 Å². The number of hydrogen-bond donors (Lipinski definition) is 1. The molecule has 0 aromatic heterocycles. The molecule has 0 atom stereocenters. The van der Waals surface area contributed by atoms with Gasteiger partial charge >= 0.3 is 5.97 Å². The predicted molar refractivity (Wildman–Crippen MR) is 64.4 cm³/mol. The second kappa shape index (κ2) is 7.25. The maximum absolute atomic E-state index is 13.1. The number of carbonyl (C=O) groups excluding carboxylic acids is 1. The summed E-state index contributed by atoms with van der Waals surface area (Å²) in [5.41, 5.74) is 0.824.